The zero-order valence-corrected chi connectivity index (χ0v) is 18.0. The maximum absolute atomic E-state index is 12.1. The van der Waals surface area contributed by atoms with Gasteiger partial charge in [0, 0.05) is 41.3 Å². The minimum absolute atomic E-state index is 0.157. The summed E-state index contributed by atoms with van der Waals surface area (Å²) in [7, 11) is 1.31. The number of pyridine rings is 2. The average molecular weight is 432 g/mol. The fourth-order valence-electron chi connectivity index (χ4n) is 2.68. The summed E-state index contributed by atoms with van der Waals surface area (Å²) in [6.45, 7) is 0. The molecule has 6 nitrogen and oxygen atoms in total. The second-order valence-corrected chi connectivity index (χ2v) is 7.46. The molecule has 156 valence electrons. The van der Waals surface area contributed by atoms with Crippen molar-refractivity contribution in [3.05, 3.63) is 77.6 Å². The number of thioether (sulfide) groups is 1. The molecule has 31 heavy (non-hydrogen) atoms. The van der Waals surface area contributed by atoms with Crippen molar-refractivity contribution < 1.29 is 14.3 Å². The molecule has 2 aromatic heterocycles. The Hall–Kier alpha value is -3.63. The van der Waals surface area contributed by atoms with E-state index >= 15 is 0 Å². The van der Waals surface area contributed by atoms with Crippen LogP contribution in [0.5, 0.6) is 0 Å². The number of hydrogen-bond acceptors (Lipinski definition) is 6. The van der Waals surface area contributed by atoms with Gasteiger partial charge in [-0.1, -0.05) is 24.0 Å². The highest BCUT2D eigenvalue weighted by molar-refractivity contribution is 7.98. The molecule has 1 amide bonds. The molecule has 0 aliphatic rings. The number of carbonyl (C=O) groups is 2. The van der Waals surface area contributed by atoms with Crippen LogP contribution in [-0.2, 0) is 9.53 Å². The van der Waals surface area contributed by atoms with Crippen molar-refractivity contribution in [1.82, 2.24) is 9.97 Å². The highest BCUT2D eigenvalue weighted by Crippen LogP contribution is 2.22. The van der Waals surface area contributed by atoms with Crippen LogP contribution in [0.25, 0.3) is 11.3 Å². The minimum Gasteiger partial charge on any atom is -0.465 e. The van der Waals surface area contributed by atoms with Crippen LogP contribution in [0.15, 0.2) is 60.9 Å². The van der Waals surface area contributed by atoms with Gasteiger partial charge in [-0.05, 0) is 42.7 Å². The van der Waals surface area contributed by atoms with E-state index in [4.69, 9.17) is 4.74 Å². The number of rotatable bonds is 6. The van der Waals surface area contributed by atoms with E-state index in [2.05, 4.69) is 27.1 Å². The summed E-state index contributed by atoms with van der Waals surface area (Å²) in [6, 6.07) is 14.4. The lowest BCUT2D eigenvalue weighted by Gasteiger charge is -2.10. The van der Waals surface area contributed by atoms with E-state index in [0.29, 0.717) is 29.2 Å². The zero-order valence-electron chi connectivity index (χ0n) is 17.2. The molecule has 1 aromatic carbocycles. The normalized spacial score (nSPS) is 10.0. The van der Waals surface area contributed by atoms with Gasteiger partial charge in [0.05, 0.1) is 18.4 Å². The molecule has 0 aliphatic heterocycles. The Bertz CT molecular complexity index is 1120. The van der Waals surface area contributed by atoms with Crippen LogP contribution in [0.4, 0.5) is 5.82 Å². The Kier molecular flexibility index (Phi) is 7.79. The summed E-state index contributed by atoms with van der Waals surface area (Å²) in [4.78, 5) is 32.7. The number of carbonyl (C=O) groups excluding carboxylic acids is 2. The molecule has 0 saturated heterocycles. The van der Waals surface area contributed by atoms with Gasteiger partial charge in [-0.2, -0.15) is 11.8 Å². The fourth-order valence-corrected chi connectivity index (χ4v) is 3.07. The predicted molar refractivity (Wildman–Crippen MR) is 123 cm³/mol. The summed E-state index contributed by atoms with van der Waals surface area (Å²) in [6.07, 6.45) is 5.71. The molecule has 1 N–H and O–H groups in total. The molecule has 3 aromatic rings. The van der Waals surface area contributed by atoms with Gasteiger partial charge >= 0.3 is 5.97 Å². The molecule has 0 spiro atoms. The third kappa shape index (κ3) is 6.43. The molecule has 0 unspecified atom stereocenters. The molecular weight excluding hydrogens is 410 g/mol. The first-order valence-corrected chi connectivity index (χ1v) is 10.9. The van der Waals surface area contributed by atoms with E-state index < -0.39 is 5.97 Å². The smallest absolute Gasteiger partial charge is 0.338 e. The molecule has 0 aliphatic carbocycles. The molecule has 0 saturated carbocycles. The summed E-state index contributed by atoms with van der Waals surface area (Å²) in [5.41, 5.74) is 3.32. The molecule has 7 heteroatoms. The SMILES string of the molecule is COC(=O)c1cc(NC(=O)CCSC)nc(-c2ccc(C#Cc3cccnc3)cc2)c1. The van der Waals surface area contributed by atoms with Gasteiger partial charge in [0.25, 0.3) is 0 Å². The van der Waals surface area contributed by atoms with Crippen molar-refractivity contribution in [2.45, 2.75) is 6.42 Å². The lowest BCUT2D eigenvalue weighted by atomic mass is 10.1. The van der Waals surface area contributed by atoms with Crippen LogP contribution in [0.2, 0.25) is 0 Å². The van der Waals surface area contributed by atoms with Gasteiger partial charge in [0.2, 0.25) is 5.91 Å². The zero-order chi connectivity index (χ0) is 22.1. The van der Waals surface area contributed by atoms with E-state index in [1.165, 1.54) is 13.2 Å². The maximum atomic E-state index is 12.1. The topological polar surface area (TPSA) is 81.2 Å². The Morgan fingerprint density at radius 3 is 2.55 bits per heavy atom. The van der Waals surface area contributed by atoms with Crippen molar-refractivity contribution in [3.8, 4) is 23.1 Å². The number of ether oxygens (including phenoxy) is 1. The molecule has 0 fully saturated rings. The number of methoxy groups -OCH3 is 1. The van der Waals surface area contributed by atoms with Crippen LogP contribution < -0.4 is 5.32 Å². The fraction of sp³-hybridized carbons (Fsp3) is 0.167. The van der Waals surface area contributed by atoms with Crippen molar-refractivity contribution in [1.29, 1.82) is 0 Å². The number of nitrogens with one attached hydrogen (secondary N) is 1. The van der Waals surface area contributed by atoms with Crippen LogP contribution in [0.1, 0.15) is 27.9 Å². The lowest BCUT2D eigenvalue weighted by Crippen LogP contribution is -2.14. The van der Waals surface area contributed by atoms with Gasteiger partial charge in [-0.15, -0.1) is 0 Å². The quantitative estimate of drug-likeness (QED) is 0.469. The van der Waals surface area contributed by atoms with E-state index in [1.54, 1.807) is 30.2 Å². The predicted octanol–water partition coefficient (Wildman–Crippen LogP) is 4.02. The van der Waals surface area contributed by atoms with Gasteiger partial charge < -0.3 is 10.1 Å². The van der Waals surface area contributed by atoms with E-state index in [1.807, 2.05) is 42.7 Å². The molecular formula is C24H21N3O3S. The van der Waals surface area contributed by atoms with Crippen molar-refractivity contribution in [2.24, 2.45) is 0 Å². The van der Waals surface area contributed by atoms with Crippen LogP contribution in [0, 0.1) is 11.8 Å². The highest BCUT2D eigenvalue weighted by atomic mass is 32.2. The first-order valence-electron chi connectivity index (χ1n) is 9.50. The largest absolute Gasteiger partial charge is 0.465 e. The first kappa shape index (κ1) is 22.1. The van der Waals surface area contributed by atoms with Gasteiger partial charge in [0.1, 0.15) is 5.82 Å². The van der Waals surface area contributed by atoms with Gasteiger partial charge in [0.15, 0.2) is 0 Å². The first-order chi connectivity index (χ1) is 15.1. The van der Waals surface area contributed by atoms with Crippen molar-refractivity contribution >= 4 is 29.5 Å². The second-order valence-electron chi connectivity index (χ2n) is 6.48. The number of anilines is 1. The van der Waals surface area contributed by atoms with Gasteiger partial charge in [-0.3, -0.25) is 9.78 Å². The van der Waals surface area contributed by atoms with Crippen LogP contribution in [-0.4, -0.2) is 41.0 Å². The third-order valence-electron chi connectivity index (χ3n) is 4.24. The number of benzene rings is 1. The van der Waals surface area contributed by atoms with Crippen molar-refractivity contribution in [3.63, 3.8) is 0 Å². The molecule has 3 rings (SSSR count). The summed E-state index contributed by atoms with van der Waals surface area (Å²) < 4.78 is 4.84. The van der Waals surface area contributed by atoms with Crippen LogP contribution in [0.3, 0.4) is 0 Å². The Balaban J connectivity index is 1.86. The lowest BCUT2D eigenvalue weighted by molar-refractivity contribution is -0.115. The molecule has 2 heterocycles. The van der Waals surface area contributed by atoms with Crippen LogP contribution >= 0.6 is 11.8 Å². The monoisotopic (exact) mass is 431 g/mol. The number of esters is 1. The molecule has 0 bridgehead atoms. The third-order valence-corrected chi connectivity index (χ3v) is 4.85. The average Bonchev–Trinajstić information content (AvgIpc) is 2.81. The Labute approximate surface area is 185 Å². The summed E-state index contributed by atoms with van der Waals surface area (Å²) in [5, 5.41) is 2.76. The van der Waals surface area contributed by atoms with E-state index in [0.717, 1.165) is 16.7 Å². The Morgan fingerprint density at radius 2 is 1.87 bits per heavy atom. The van der Waals surface area contributed by atoms with E-state index in [9.17, 15) is 9.59 Å². The van der Waals surface area contributed by atoms with Crippen molar-refractivity contribution in [2.75, 3.05) is 24.4 Å². The number of hydrogen-bond donors (Lipinski definition) is 1. The van der Waals surface area contributed by atoms with E-state index in [-0.39, 0.29) is 5.91 Å². The minimum atomic E-state index is -0.498. The summed E-state index contributed by atoms with van der Waals surface area (Å²) in [5.74, 6) is 6.51. The van der Waals surface area contributed by atoms with Gasteiger partial charge in [-0.25, -0.2) is 9.78 Å². The highest BCUT2D eigenvalue weighted by Gasteiger charge is 2.13. The standard InChI is InChI=1S/C24H21N3O3S/c1-30-24(29)20-14-21(26-22(15-20)27-23(28)11-13-31-2)19-9-7-17(8-10-19)5-6-18-4-3-12-25-16-18/h3-4,7-10,12,14-16H,11,13H2,1-2H3,(H,26,27,28). The summed E-state index contributed by atoms with van der Waals surface area (Å²) >= 11 is 1.59. The Morgan fingerprint density at radius 1 is 1.10 bits per heavy atom. The number of nitrogens with zero attached hydrogens (tertiary/aromatic N) is 2. The molecule has 0 atom stereocenters. The maximum Gasteiger partial charge on any atom is 0.338 e. The second kappa shape index (κ2) is 11.0. The number of amides is 1. The number of aromatic nitrogens is 2. The molecule has 0 radical (unpaired) electrons.